The molecule has 0 spiro atoms. The van der Waals surface area contributed by atoms with Gasteiger partial charge in [0, 0.05) is 19.6 Å². The lowest BCUT2D eigenvalue weighted by atomic mass is 10.00. The number of aromatic nitrogens is 1. The smallest absolute Gasteiger partial charge is 0.254 e. The third kappa shape index (κ3) is 4.90. The third-order valence-electron chi connectivity index (χ3n) is 5.47. The second-order valence-electron chi connectivity index (χ2n) is 7.66. The van der Waals surface area contributed by atoms with Crippen LogP contribution in [0.4, 0.5) is 10.2 Å². The van der Waals surface area contributed by atoms with Gasteiger partial charge in [-0.2, -0.15) is 0 Å². The van der Waals surface area contributed by atoms with Crippen molar-refractivity contribution >= 4 is 23.5 Å². The van der Waals surface area contributed by atoms with Crippen molar-refractivity contribution in [3.8, 4) is 0 Å². The van der Waals surface area contributed by atoms with Crippen LogP contribution in [0.15, 0.2) is 59.6 Å². The van der Waals surface area contributed by atoms with Gasteiger partial charge in [-0.05, 0) is 59.6 Å². The summed E-state index contributed by atoms with van der Waals surface area (Å²) in [7, 11) is 0. The molecule has 0 saturated heterocycles. The van der Waals surface area contributed by atoms with E-state index in [4.69, 9.17) is 4.98 Å². The maximum Gasteiger partial charge on any atom is 0.254 e. The molecule has 160 valence electrons. The summed E-state index contributed by atoms with van der Waals surface area (Å²) >= 11 is 1.57. The summed E-state index contributed by atoms with van der Waals surface area (Å²) in [5.74, 6) is 1.24. The van der Waals surface area contributed by atoms with E-state index in [1.807, 2.05) is 13.0 Å². The Kier molecular flexibility index (Phi) is 6.56. The van der Waals surface area contributed by atoms with Crippen LogP contribution in [0.1, 0.15) is 39.5 Å². The fourth-order valence-corrected chi connectivity index (χ4v) is 4.74. The molecule has 0 saturated carbocycles. The number of anilines is 1. The Morgan fingerprint density at radius 2 is 1.97 bits per heavy atom. The third-order valence-corrected chi connectivity index (χ3v) is 6.33. The molecule has 2 aromatic carbocycles. The predicted octanol–water partition coefficient (Wildman–Crippen LogP) is 5.13. The standard InChI is InChI=1S/C25H26FN3OS/c1-3-31-25-23(24(30)27-15-18-7-6-10-21(26)14-18)17(2)13-22(28-25)29-12-11-19-8-4-5-9-20(19)16-29/h4-10,13-14H,3,11-12,15-16H2,1-2H3,(H,27,30). The quantitative estimate of drug-likeness (QED) is 0.545. The van der Waals surface area contributed by atoms with Crippen LogP contribution in [-0.2, 0) is 19.5 Å². The number of benzene rings is 2. The number of amides is 1. The SMILES string of the molecule is CCSc1nc(N2CCc3ccccc3C2)cc(C)c1C(=O)NCc1cccc(F)c1. The monoisotopic (exact) mass is 435 g/mol. The number of carbonyl (C=O) groups excluding carboxylic acids is 1. The highest BCUT2D eigenvalue weighted by atomic mass is 32.2. The van der Waals surface area contributed by atoms with Crippen LogP contribution in [-0.4, -0.2) is 23.2 Å². The highest BCUT2D eigenvalue weighted by Crippen LogP contribution is 2.30. The van der Waals surface area contributed by atoms with Gasteiger partial charge in [0.25, 0.3) is 5.91 Å². The molecule has 1 N–H and O–H groups in total. The number of carbonyl (C=O) groups is 1. The Balaban J connectivity index is 1.57. The predicted molar refractivity (Wildman–Crippen MR) is 124 cm³/mol. The van der Waals surface area contributed by atoms with E-state index >= 15 is 0 Å². The van der Waals surface area contributed by atoms with Gasteiger partial charge >= 0.3 is 0 Å². The zero-order chi connectivity index (χ0) is 21.8. The van der Waals surface area contributed by atoms with Crippen LogP contribution in [0.25, 0.3) is 0 Å². The summed E-state index contributed by atoms with van der Waals surface area (Å²) in [6.45, 7) is 6.02. The fraction of sp³-hybridized carbons (Fsp3) is 0.280. The molecule has 0 atom stereocenters. The Morgan fingerprint density at radius 3 is 2.74 bits per heavy atom. The number of nitrogens with one attached hydrogen (secondary N) is 1. The lowest BCUT2D eigenvalue weighted by molar-refractivity contribution is 0.0946. The first-order valence-electron chi connectivity index (χ1n) is 10.5. The molecule has 1 aliphatic rings. The van der Waals surface area contributed by atoms with Gasteiger partial charge in [-0.15, -0.1) is 11.8 Å². The molecular formula is C25H26FN3OS. The van der Waals surface area contributed by atoms with Crippen LogP contribution < -0.4 is 10.2 Å². The van der Waals surface area contributed by atoms with Gasteiger partial charge < -0.3 is 10.2 Å². The Hall–Kier alpha value is -2.86. The van der Waals surface area contributed by atoms with Gasteiger partial charge in [0.15, 0.2) is 0 Å². The van der Waals surface area contributed by atoms with Crippen molar-refractivity contribution in [2.75, 3.05) is 17.2 Å². The van der Waals surface area contributed by atoms with Crippen molar-refractivity contribution in [3.63, 3.8) is 0 Å². The maximum atomic E-state index is 13.4. The molecular weight excluding hydrogens is 409 g/mol. The first-order chi connectivity index (χ1) is 15.0. The average molecular weight is 436 g/mol. The van der Waals surface area contributed by atoms with Crippen LogP contribution in [0.5, 0.6) is 0 Å². The number of nitrogens with zero attached hydrogens (tertiary/aromatic N) is 2. The molecule has 3 aromatic rings. The molecule has 1 amide bonds. The molecule has 31 heavy (non-hydrogen) atoms. The van der Waals surface area contributed by atoms with E-state index in [9.17, 15) is 9.18 Å². The number of rotatable bonds is 6. The maximum absolute atomic E-state index is 13.4. The Labute approximate surface area is 186 Å². The molecule has 0 bridgehead atoms. The van der Waals surface area contributed by atoms with Crippen molar-refractivity contribution in [2.45, 2.75) is 38.4 Å². The summed E-state index contributed by atoms with van der Waals surface area (Å²) in [5.41, 5.74) is 4.95. The fourth-order valence-electron chi connectivity index (χ4n) is 3.91. The number of hydrogen-bond donors (Lipinski definition) is 1. The summed E-state index contributed by atoms with van der Waals surface area (Å²) in [5, 5.41) is 3.67. The van der Waals surface area contributed by atoms with E-state index < -0.39 is 0 Å². The van der Waals surface area contributed by atoms with Crippen molar-refractivity contribution in [1.29, 1.82) is 0 Å². The first-order valence-corrected chi connectivity index (χ1v) is 11.5. The van der Waals surface area contributed by atoms with E-state index in [-0.39, 0.29) is 18.3 Å². The van der Waals surface area contributed by atoms with Gasteiger partial charge in [0.05, 0.1) is 5.56 Å². The van der Waals surface area contributed by atoms with E-state index in [1.165, 1.54) is 23.3 Å². The minimum Gasteiger partial charge on any atom is -0.352 e. The Morgan fingerprint density at radius 1 is 1.16 bits per heavy atom. The van der Waals surface area contributed by atoms with E-state index in [1.54, 1.807) is 23.9 Å². The summed E-state index contributed by atoms with van der Waals surface area (Å²) in [4.78, 5) is 20.2. The lowest BCUT2D eigenvalue weighted by Crippen LogP contribution is -2.31. The molecule has 1 aromatic heterocycles. The summed E-state index contributed by atoms with van der Waals surface area (Å²) < 4.78 is 13.4. The minimum atomic E-state index is -0.306. The lowest BCUT2D eigenvalue weighted by Gasteiger charge is -2.30. The zero-order valence-electron chi connectivity index (χ0n) is 17.8. The number of halogens is 1. The average Bonchev–Trinajstić information content (AvgIpc) is 2.77. The largest absolute Gasteiger partial charge is 0.352 e. The molecule has 0 unspecified atom stereocenters. The van der Waals surface area contributed by atoms with Crippen molar-refractivity contribution in [2.24, 2.45) is 0 Å². The van der Waals surface area contributed by atoms with Crippen LogP contribution in [0.3, 0.4) is 0 Å². The normalized spacial score (nSPS) is 13.1. The van der Waals surface area contributed by atoms with Gasteiger partial charge in [-0.3, -0.25) is 4.79 Å². The van der Waals surface area contributed by atoms with E-state index in [2.05, 4.69) is 41.4 Å². The highest BCUT2D eigenvalue weighted by Gasteiger charge is 2.22. The molecule has 0 radical (unpaired) electrons. The molecule has 0 aliphatic carbocycles. The second kappa shape index (κ2) is 9.52. The van der Waals surface area contributed by atoms with Crippen LogP contribution >= 0.6 is 11.8 Å². The highest BCUT2D eigenvalue weighted by molar-refractivity contribution is 7.99. The number of pyridine rings is 1. The topological polar surface area (TPSA) is 45.2 Å². The van der Waals surface area contributed by atoms with Crippen LogP contribution in [0, 0.1) is 12.7 Å². The molecule has 1 aliphatic heterocycles. The zero-order valence-corrected chi connectivity index (χ0v) is 18.6. The summed E-state index contributed by atoms with van der Waals surface area (Å²) in [6.07, 6.45) is 0.989. The van der Waals surface area contributed by atoms with Gasteiger partial charge in [-0.1, -0.05) is 43.3 Å². The van der Waals surface area contributed by atoms with Gasteiger partial charge in [0.1, 0.15) is 16.7 Å². The number of fused-ring (bicyclic) bond motifs is 1. The molecule has 4 nitrogen and oxygen atoms in total. The van der Waals surface area contributed by atoms with Gasteiger partial charge in [-0.25, -0.2) is 9.37 Å². The van der Waals surface area contributed by atoms with Crippen molar-refractivity contribution in [3.05, 3.63) is 88.2 Å². The first kappa shape index (κ1) is 21.4. The number of thioether (sulfide) groups is 1. The minimum absolute atomic E-state index is 0.180. The molecule has 6 heteroatoms. The number of hydrogen-bond acceptors (Lipinski definition) is 4. The van der Waals surface area contributed by atoms with Crippen LogP contribution in [0.2, 0.25) is 0 Å². The molecule has 2 heterocycles. The van der Waals surface area contributed by atoms with E-state index in [0.29, 0.717) is 5.56 Å². The van der Waals surface area contributed by atoms with Crippen molar-refractivity contribution in [1.82, 2.24) is 10.3 Å². The van der Waals surface area contributed by atoms with E-state index in [0.717, 1.165) is 47.2 Å². The summed E-state index contributed by atoms with van der Waals surface area (Å²) in [6, 6.07) is 16.8. The molecule has 0 fully saturated rings. The number of aryl methyl sites for hydroxylation is 1. The Bertz CT molecular complexity index is 1100. The molecule has 4 rings (SSSR count). The van der Waals surface area contributed by atoms with Gasteiger partial charge in [0.2, 0.25) is 0 Å². The second-order valence-corrected chi connectivity index (χ2v) is 8.92. The van der Waals surface area contributed by atoms with Crippen molar-refractivity contribution < 1.29 is 9.18 Å².